The smallest absolute Gasteiger partial charge is 0.330 e. The number of aromatic nitrogens is 3. The van der Waals surface area contributed by atoms with Gasteiger partial charge in [0.15, 0.2) is 5.69 Å². The van der Waals surface area contributed by atoms with Crippen LogP contribution in [0.5, 0.6) is 0 Å². The molecular weight excluding hydrogens is 412 g/mol. The molecular formula is C22H28N6O4. The lowest BCUT2D eigenvalue weighted by atomic mass is 10.2. The summed E-state index contributed by atoms with van der Waals surface area (Å²) in [5, 5.41) is 3.93. The Morgan fingerprint density at radius 1 is 1.22 bits per heavy atom. The Morgan fingerprint density at radius 3 is 2.50 bits per heavy atom. The Labute approximate surface area is 185 Å². The maximum atomic E-state index is 13.1. The van der Waals surface area contributed by atoms with Gasteiger partial charge in [-0.3, -0.25) is 24.0 Å². The van der Waals surface area contributed by atoms with Crippen LogP contribution in [0.3, 0.4) is 0 Å². The largest absolute Gasteiger partial charge is 0.383 e. The summed E-state index contributed by atoms with van der Waals surface area (Å²) in [6.45, 7) is 6.30. The average molecular weight is 441 g/mol. The third kappa shape index (κ3) is 4.80. The second-order valence-corrected chi connectivity index (χ2v) is 7.68. The molecule has 0 unspecified atom stereocenters. The quantitative estimate of drug-likeness (QED) is 0.539. The van der Waals surface area contributed by atoms with Crippen molar-refractivity contribution in [2.75, 3.05) is 30.8 Å². The fraction of sp³-hybridized carbons (Fsp3) is 0.364. The van der Waals surface area contributed by atoms with E-state index in [0.29, 0.717) is 12.3 Å². The molecule has 0 bridgehead atoms. The zero-order valence-electron chi connectivity index (χ0n) is 18.7. The minimum absolute atomic E-state index is 0.0289. The first-order valence-electron chi connectivity index (χ1n) is 10.3. The number of carbonyl (C=O) groups is 1. The average Bonchev–Trinajstić information content (AvgIpc) is 3.06. The molecule has 3 N–H and O–H groups in total. The van der Waals surface area contributed by atoms with E-state index in [1.165, 1.54) is 9.47 Å². The summed E-state index contributed by atoms with van der Waals surface area (Å²) in [5.74, 6) is 0.331. The van der Waals surface area contributed by atoms with E-state index in [9.17, 15) is 14.4 Å². The van der Waals surface area contributed by atoms with Gasteiger partial charge in [0, 0.05) is 18.7 Å². The number of nitrogen functional groups attached to an aromatic ring is 1. The molecule has 10 nitrogen and oxygen atoms in total. The van der Waals surface area contributed by atoms with Crippen molar-refractivity contribution in [3.63, 3.8) is 0 Å². The van der Waals surface area contributed by atoms with Crippen molar-refractivity contribution in [1.82, 2.24) is 19.6 Å². The highest BCUT2D eigenvalue weighted by Crippen LogP contribution is 2.19. The van der Waals surface area contributed by atoms with Crippen LogP contribution in [-0.2, 0) is 17.9 Å². The highest BCUT2D eigenvalue weighted by Gasteiger charge is 2.24. The fourth-order valence-corrected chi connectivity index (χ4v) is 3.59. The van der Waals surface area contributed by atoms with E-state index in [1.54, 1.807) is 14.0 Å². The van der Waals surface area contributed by atoms with Gasteiger partial charge in [-0.25, -0.2) is 4.79 Å². The Morgan fingerprint density at radius 2 is 1.91 bits per heavy atom. The van der Waals surface area contributed by atoms with Crippen molar-refractivity contribution < 1.29 is 9.32 Å². The zero-order chi connectivity index (χ0) is 23.4. The number of hydrogen-bond acceptors (Lipinski definition) is 7. The molecule has 0 atom stereocenters. The topological polar surface area (TPSA) is 130 Å². The third-order valence-electron chi connectivity index (χ3n) is 5.30. The van der Waals surface area contributed by atoms with Gasteiger partial charge < -0.3 is 15.2 Å². The van der Waals surface area contributed by atoms with Crippen LogP contribution >= 0.6 is 0 Å². The maximum Gasteiger partial charge on any atom is 0.330 e. The fourth-order valence-electron chi connectivity index (χ4n) is 3.59. The Hall–Kier alpha value is -3.66. The van der Waals surface area contributed by atoms with Gasteiger partial charge in [-0.2, -0.15) is 0 Å². The number of anilines is 2. The van der Waals surface area contributed by atoms with Crippen LogP contribution in [-0.4, -0.2) is 45.7 Å². The number of aryl methyl sites for hydroxylation is 2. The lowest BCUT2D eigenvalue weighted by molar-refractivity contribution is -0.119. The van der Waals surface area contributed by atoms with Gasteiger partial charge in [-0.15, -0.1) is 0 Å². The zero-order valence-corrected chi connectivity index (χ0v) is 18.7. The number of carbonyl (C=O) groups excluding carboxylic acids is 1. The highest BCUT2D eigenvalue weighted by molar-refractivity contribution is 5.96. The van der Waals surface area contributed by atoms with Gasteiger partial charge >= 0.3 is 5.69 Å². The predicted molar refractivity (Wildman–Crippen MR) is 122 cm³/mol. The van der Waals surface area contributed by atoms with Crippen LogP contribution in [0.1, 0.15) is 29.5 Å². The van der Waals surface area contributed by atoms with Crippen molar-refractivity contribution in [3.05, 3.63) is 73.8 Å². The number of likely N-dealkylation sites (N-methyl/N-ethyl adjacent to an activating group) is 2. The van der Waals surface area contributed by atoms with E-state index >= 15 is 0 Å². The summed E-state index contributed by atoms with van der Waals surface area (Å²) < 4.78 is 6.44. The molecule has 3 aromatic rings. The van der Waals surface area contributed by atoms with Crippen molar-refractivity contribution >= 4 is 17.4 Å². The molecule has 170 valence electrons. The van der Waals surface area contributed by atoms with Gasteiger partial charge in [0.2, 0.25) is 5.91 Å². The summed E-state index contributed by atoms with van der Waals surface area (Å²) >= 11 is 0. The minimum atomic E-state index is -0.694. The number of amides is 1. The first-order valence-corrected chi connectivity index (χ1v) is 10.3. The van der Waals surface area contributed by atoms with Crippen LogP contribution in [0.15, 0.2) is 44.4 Å². The Kier molecular flexibility index (Phi) is 6.94. The van der Waals surface area contributed by atoms with Crippen molar-refractivity contribution in [1.29, 1.82) is 0 Å². The number of nitrogens with two attached hydrogens (primary N) is 1. The second-order valence-electron chi connectivity index (χ2n) is 7.68. The molecule has 10 heteroatoms. The number of hydrogen-bond donors (Lipinski definition) is 2. The van der Waals surface area contributed by atoms with Crippen molar-refractivity contribution in [3.8, 4) is 0 Å². The number of nitrogens with one attached hydrogen (secondary N) is 1. The summed E-state index contributed by atoms with van der Waals surface area (Å²) in [5.41, 5.74) is 7.41. The number of benzene rings is 1. The first kappa shape index (κ1) is 23.0. The van der Waals surface area contributed by atoms with Crippen LogP contribution in [0.4, 0.5) is 11.5 Å². The van der Waals surface area contributed by atoms with Gasteiger partial charge in [-0.1, -0.05) is 35.5 Å². The number of aromatic amines is 1. The number of rotatable bonds is 8. The van der Waals surface area contributed by atoms with Crippen LogP contribution in [0, 0.1) is 13.8 Å². The van der Waals surface area contributed by atoms with E-state index in [1.807, 2.05) is 49.1 Å². The molecule has 0 aliphatic rings. The van der Waals surface area contributed by atoms with Gasteiger partial charge in [0.05, 0.1) is 18.8 Å². The highest BCUT2D eigenvalue weighted by atomic mass is 16.5. The Bertz CT molecular complexity index is 1190. The number of nitrogens with zero attached hydrogens (tertiary/aromatic N) is 4. The Balaban J connectivity index is 1.87. The molecule has 0 aliphatic carbocycles. The molecule has 32 heavy (non-hydrogen) atoms. The molecule has 0 radical (unpaired) electrons. The molecule has 1 amide bonds. The SMILES string of the molecule is CCN(C(=O)CN(C)Cc1c(C)noc1C)c1c(N)n(Cc2ccccc2)c(=O)[nH]c1=O. The summed E-state index contributed by atoms with van der Waals surface area (Å²) in [4.78, 5) is 43.5. The van der Waals surface area contributed by atoms with E-state index < -0.39 is 11.2 Å². The second kappa shape index (κ2) is 9.65. The lowest BCUT2D eigenvalue weighted by Crippen LogP contribution is -2.44. The maximum absolute atomic E-state index is 13.1. The molecule has 0 saturated heterocycles. The molecule has 0 spiro atoms. The van der Waals surface area contributed by atoms with E-state index in [2.05, 4.69) is 10.1 Å². The molecule has 0 saturated carbocycles. The van der Waals surface area contributed by atoms with E-state index in [4.69, 9.17) is 10.3 Å². The molecule has 0 fully saturated rings. The van der Waals surface area contributed by atoms with E-state index in [0.717, 1.165) is 16.8 Å². The summed E-state index contributed by atoms with van der Waals surface area (Å²) in [7, 11) is 1.79. The van der Waals surface area contributed by atoms with Crippen molar-refractivity contribution in [2.45, 2.75) is 33.9 Å². The summed E-state index contributed by atoms with van der Waals surface area (Å²) in [6.07, 6.45) is 0. The molecule has 2 heterocycles. The molecule has 3 rings (SSSR count). The monoisotopic (exact) mass is 440 g/mol. The molecule has 0 aliphatic heterocycles. The molecule has 2 aromatic heterocycles. The minimum Gasteiger partial charge on any atom is -0.383 e. The number of H-pyrrole nitrogens is 1. The third-order valence-corrected chi connectivity index (χ3v) is 5.30. The standard InChI is InChI=1S/C22H28N6O4/c1-5-27(18(29)13-26(4)12-17-14(2)25-32-15(17)3)19-20(23)28(22(31)24-21(19)30)11-16-9-7-6-8-10-16/h6-10H,5,11-13,23H2,1-4H3,(H,24,30,31). The first-order chi connectivity index (χ1) is 15.2. The van der Waals surface area contributed by atoms with Gasteiger partial charge in [-0.05, 0) is 33.4 Å². The molecule has 1 aromatic carbocycles. The normalized spacial score (nSPS) is 11.2. The van der Waals surface area contributed by atoms with Crippen molar-refractivity contribution in [2.24, 2.45) is 0 Å². The van der Waals surface area contributed by atoms with Crippen LogP contribution in [0.25, 0.3) is 0 Å². The predicted octanol–water partition coefficient (Wildman–Crippen LogP) is 1.26. The van der Waals surface area contributed by atoms with Crippen LogP contribution in [0.2, 0.25) is 0 Å². The lowest BCUT2D eigenvalue weighted by Gasteiger charge is -2.25. The van der Waals surface area contributed by atoms with Gasteiger partial charge in [0.1, 0.15) is 11.6 Å². The summed E-state index contributed by atoms with van der Waals surface area (Å²) in [6, 6.07) is 9.26. The van der Waals surface area contributed by atoms with Gasteiger partial charge in [0.25, 0.3) is 5.56 Å². The van der Waals surface area contributed by atoms with E-state index in [-0.39, 0.29) is 37.0 Å². The van der Waals surface area contributed by atoms with Crippen LogP contribution < -0.4 is 21.9 Å².